The van der Waals surface area contributed by atoms with Crippen LogP contribution in [0.3, 0.4) is 0 Å². The van der Waals surface area contributed by atoms with Gasteiger partial charge in [-0.05, 0) is 116 Å². The van der Waals surface area contributed by atoms with E-state index >= 15 is 0 Å². The molecule has 4 fully saturated rings. The molecule has 71 heavy (non-hydrogen) atoms. The summed E-state index contributed by atoms with van der Waals surface area (Å²) in [4.78, 5) is 0. The lowest BCUT2D eigenvalue weighted by atomic mass is 9.84. The Bertz CT molecular complexity index is 2060. The summed E-state index contributed by atoms with van der Waals surface area (Å²) in [6.07, 6.45) is 35.3. The predicted molar refractivity (Wildman–Crippen MR) is 320 cm³/mol. The average molecular weight is 1000 g/mol. The molecule has 0 spiro atoms. The Balaban J connectivity index is 1.25. The van der Waals surface area contributed by atoms with E-state index in [0.717, 1.165) is 0 Å². The largest absolute Gasteiger partial charge is 0.313 e. The van der Waals surface area contributed by atoms with Crippen molar-refractivity contribution in [2.45, 2.75) is 236 Å². The standard InChI is InChI=1S/C67H93NP2Si/c1-5-8-49-71(50-9-6-2,51-10-7-3)66-47-48-67(53(4)52-66)68(69(62-39-31-58(32-40-62)54-23-15-11-16-24-54)63-41-33-59(34-42-63)55-25-17-12-18-26-55)70(64-43-35-60(36-44-64)56-27-19-13-20-28-56)65-45-37-61(38-46-65)57-29-21-14-22-30-57/h31-48,52,54-57H,5-30,49-51H2,1-4H3. The Morgan fingerprint density at radius 1 is 0.380 bits per heavy atom. The van der Waals surface area contributed by atoms with E-state index in [1.807, 2.05) is 0 Å². The van der Waals surface area contributed by atoms with E-state index in [0.29, 0.717) is 23.7 Å². The zero-order valence-electron chi connectivity index (χ0n) is 45.1. The SMILES string of the molecule is CCCC[Si](CCCC)(CCCC)c1ccc(N(P(c2ccc(C3CCCCC3)cc2)c2ccc(C3CCCCC3)cc2)P(c2ccc(C3CCCCC3)cc2)c2ccc(C3CCCCC3)cc2)c(C)c1. The fourth-order valence-electron chi connectivity index (χ4n) is 13.9. The minimum absolute atomic E-state index is 0.699. The monoisotopic (exact) mass is 1000 g/mol. The summed E-state index contributed by atoms with van der Waals surface area (Å²) in [5.41, 5.74) is 9.20. The molecule has 0 bridgehead atoms. The van der Waals surface area contributed by atoms with Crippen LogP contribution in [0.1, 0.15) is 239 Å². The van der Waals surface area contributed by atoms with Gasteiger partial charge in [-0.2, -0.15) is 0 Å². The number of benzene rings is 5. The highest BCUT2D eigenvalue weighted by Gasteiger charge is 2.37. The topological polar surface area (TPSA) is 3.24 Å². The van der Waals surface area contributed by atoms with Crippen LogP contribution in [-0.4, -0.2) is 8.07 Å². The summed E-state index contributed by atoms with van der Waals surface area (Å²) >= 11 is 0. The van der Waals surface area contributed by atoms with Crippen LogP contribution in [0.15, 0.2) is 115 Å². The van der Waals surface area contributed by atoms with Crippen LogP contribution < -0.4 is 30.8 Å². The summed E-state index contributed by atoms with van der Waals surface area (Å²) in [7, 11) is -3.70. The zero-order valence-corrected chi connectivity index (χ0v) is 47.9. The Hall–Kier alpha value is -3.02. The van der Waals surface area contributed by atoms with Crippen LogP contribution in [0.2, 0.25) is 18.1 Å². The number of aryl methyl sites for hydroxylation is 1. The van der Waals surface area contributed by atoms with Gasteiger partial charge < -0.3 is 4.44 Å². The second-order valence-corrected chi connectivity index (χ2v) is 32.3. The van der Waals surface area contributed by atoms with Crippen LogP contribution in [-0.2, 0) is 0 Å². The molecule has 5 aromatic rings. The molecule has 4 saturated carbocycles. The van der Waals surface area contributed by atoms with E-state index < -0.39 is 24.2 Å². The van der Waals surface area contributed by atoms with Crippen molar-refractivity contribution in [3.63, 3.8) is 0 Å². The molecule has 9 rings (SSSR count). The first-order valence-electron chi connectivity index (χ1n) is 29.9. The Morgan fingerprint density at radius 2 is 0.662 bits per heavy atom. The fraction of sp³-hybridized carbons (Fsp3) is 0.552. The maximum Gasteiger partial charge on any atom is 0.0867 e. The van der Waals surface area contributed by atoms with Crippen molar-refractivity contribution in [1.29, 1.82) is 0 Å². The Morgan fingerprint density at radius 3 is 0.915 bits per heavy atom. The van der Waals surface area contributed by atoms with E-state index in [1.165, 1.54) is 218 Å². The van der Waals surface area contributed by atoms with Gasteiger partial charge >= 0.3 is 0 Å². The van der Waals surface area contributed by atoms with Crippen LogP contribution in [0.25, 0.3) is 0 Å². The second kappa shape index (κ2) is 26.5. The molecule has 0 radical (unpaired) electrons. The molecule has 4 aliphatic rings. The predicted octanol–water partition coefficient (Wildman–Crippen LogP) is 19.1. The lowest BCUT2D eigenvalue weighted by molar-refractivity contribution is 0.443. The molecule has 4 heteroatoms. The molecule has 0 atom stereocenters. The number of unbranched alkanes of at least 4 members (excludes halogenated alkanes) is 3. The van der Waals surface area contributed by atoms with Gasteiger partial charge in [0.05, 0.1) is 24.2 Å². The van der Waals surface area contributed by atoms with Gasteiger partial charge in [0.15, 0.2) is 0 Å². The molecule has 0 aromatic heterocycles. The minimum Gasteiger partial charge on any atom is -0.313 e. The van der Waals surface area contributed by atoms with E-state index in [-0.39, 0.29) is 0 Å². The third-order valence-electron chi connectivity index (χ3n) is 18.3. The van der Waals surface area contributed by atoms with E-state index in [4.69, 9.17) is 0 Å². The Labute approximate surface area is 437 Å². The summed E-state index contributed by atoms with van der Waals surface area (Å²) in [5.74, 6) is 2.80. The normalized spacial score (nSPS) is 18.1. The zero-order chi connectivity index (χ0) is 48.8. The average Bonchev–Trinajstić information content (AvgIpc) is 3.44. The van der Waals surface area contributed by atoms with Crippen molar-refractivity contribution in [2.75, 3.05) is 4.44 Å². The molecule has 0 aliphatic heterocycles. The first kappa shape index (κ1) is 52.8. The maximum absolute atomic E-state index is 3.08. The molecule has 5 aromatic carbocycles. The lowest BCUT2D eigenvalue weighted by Crippen LogP contribution is -2.47. The van der Waals surface area contributed by atoms with Gasteiger partial charge in [-0.3, -0.25) is 0 Å². The second-order valence-electron chi connectivity index (χ2n) is 23.2. The molecule has 380 valence electrons. The Kier molecular flexibility index (Phi) is 19.7. The van der Waals surface area contributed by atoms with Gasteiger partial charge in [0, 0.05) is 26.9 Å². The third kappa shape index (κ3) is 13.1. The van der Waals surface area contributed by atoms with Crippen LogP contribution in [0.5, 0.6) is 0 Å². The molecule has 0 saturated heterocycles. The van der Waals surface area contributed by atoms with Crippen molar-refractivity contribution in [3.05, 3.63) is 143 Å². The van der Waals surface area contributed by atoms with Crippen molar-refractivity contribution in [2.24, 2.45) is 0 Å². The summed E-state index contributed by atoms with van der Waals surface area (Å²) in [6, 6.07) is 53.9. The number of rotatable bonds is 21. The van der Waals surface area contributed by atoms with Gasteiger partial charge in [0.2, 0.25) is 0 Å². The number of anilines is 1. The molecule has 0 N–H and O–H groups in total. The van der Waals surface area contributed by atoms with Crippen LogP contribution in [0, 0.1) is 6.92 Å². The van der Waals surface area contributed by atoms with E-state index in [1.54, 1.807) is 27.4 Å². The lowest BCUT2D eigenvalue weighted by Gasteiger charge is -2.42. The number of hydrogen-bond donors (Lipinski definition) is 0. The molecule has 0 amide bonds. The van der Waals surface area contributed by atoms with Crippen molar-refractivity contribution >= 4 is 56.3 Å². The molecule has 0 heterocycles. The van der Waals surface area contributed by atoms with Gasteiger partial charge in [-0.15, -0.1) is 0 Å². The molecule has 0 unspecified atom stereocenters. The minimum atomic E-state index is -1.73. The summed E-state index contributed by atoms with van der Waals surface area (Å²) in [6.45, 7) is 9.77. The summed E-state index contributed by atoms with van der Waals surface area (Å²) < 4.78 is 3.08. The fourth-order valence-corrected chi connectivity index (χ4v) is 25.6. The molecule has 1 nitrogen and oxygen atoms in total. The summed E-state index contributed by atoms with van der Waals surface area (Å²) in [5, 5.41) is 7.73. The van der Waals surface area contributed by atoms with E-state index in [9.17, 15) is 0 Å². The number of hydrogen-bond acceptors (Lipinski definition) is 1. The van der Waals surface area contributed by atoms with Crippen molar-refractivity contribution in [3.8, 4) is 0 Å². The first-order chi connectivity index (χ1) is 35.0. The van der Waals surface area contributed by atoms with Gasteiger partial charge in [0.25, 0.3) is 0 Å². The number of nitrogens with zero attached hydrogens (tertiary/aromatic N) is 1. The van der Waals surface area contributed by atoms with Gasteiger partial charge in [-0.1, -0.05) is 269 Å². The van der Waals surface area contributed by atoms with Gasteiger partial charge in [0.1, 0.15) is 0 Å². The quantitative estimate of drug-likeness (QED) is 0.0523. The molecular weight excluding hydrogens is 909 g/mol. The smallest absolute Gasteiger partial charge is 0.0867 e. The molecular formula is C67H93NP2Si. The third-order valence-corrected chi connectivity index (χ3v) is 29.2. The highest BCUT2D eigenvalue weighted by atomic mass is 31.2. The van der Waals surface area contributed by atoms with Crippen molar-refractivity contribution < 1.29 is 0 Å². The van der Waals surface area contributed by atoms with Crippen LogP contribution in [0.4, 0.5) is 5.69 Å². The first-order valence-corrected chi connectivity index (χ1v) is 35.1. The van der Waals surface area contributed by atoms with Gasteiger partial charge in [-0.25, -0.2) is 0 Å². The highest BCUT2D eigenvalue weighted by molar-refractivity contribution is 7.90. The van der Waals surface area contributed by atoms with Crippen molar-refractivity contribution in [1.82, 2.24) is 0 Å². The van der Waals surface area contributed by atoms with E-state index in [2.05, 4.69) is 147 Å². The van der Waals surface area contributed by atoms with Crippen LogP contribution >= 0.6 is 16.1 Å². The highest BCUT2D eigenvalue weighted by Crippen LogP contribution is 2.58. The maximum atomic E-state index is 3.08. The molecule has 4 aliphatic carbocycles.